The molecular formula is C18H25N3. The molecule has 0 amide bonds. The zero-order chi connectivity index (χ0) is 14.9. The van der Waals surface area contributed by atoms with Crippen LogP contribution in [0.5, 0.6) is 0 Å². The van der Waals surface area contributed by atoms with E-state index in [0.717, 1.165) is 18.8 Å². The molecular weight excluding hydrogens is 258 g/mol. The quantitative estimate of drug-likeness (QED) is 0.882. The van der Waals surface area contributed by atoms with Crippen molar-refractivity contribution in [2.45, 2.75) is 58.2 Å². The van der Waals surface area contributed by atoms with Crippen LogP contribution in [0.1, 0.15) is 36.7 Å². The van der Waals surface area contributed by atoms with Gasteiger partial charge in [0.25, 0.3) is 0 Å². The second-order valence-electron chi connectivity index (χ2n) is 6.61. The van der Waals surface area contributed by atoms with Crippen LogP contribution in [0, 0.1) is 13.8 Å². The van der Waals surface area contributed by atoms with E-state index in [1.165, 1.54) is 24.0 Å². The molecule has 1 N–H and O–H groups in total. The van der Waals surface area contributed by atoms with Crippen molar-refractivity contribution in [1.82, 2.24) is 14.9 Å². The van der Waals surface area contributed by atoms with E-state index in [1.807, 2.05) is 6.20 Å². The molecule has 1 aromatic heterocycles. The Morgan fingerprint density at radius 3 is 2.52 bits per heavy atom. The number of hydrogen-bond acceptors (Lipinski definition) is 2. The molecule has 3 rings (SSSR count). The molecule has 0 saturated heterocycles. The van der Waals surface area contributed by atoms with Crippen LogP contribution in [0.15, 0.2) is 36.7 Å². The number of nitrogens with zero attached hydrogens (tertiary/aromatic N) is 2. The maximum Gasteiger partial charge on any atom is 0.105 e. The van der Waals surface area contributed by atoms with E-state index in [0.29, 0.717) is 11.6 Å². The van der Waals surface area contributed by atoms with Gasteiger partial charge in [-0.25, -0.2) is 4.98 Å². The fraction of sp³-hybridized carbons (Fsp3) is 0.500. The lowest BCUT2D eigenvalue weighted by Gasteiger charge is -2.24. The highest BCUT2D eigenvalue weighted by Crippen LogP contribution is 2.39. The first-order chi connectivity index (χ1) is 10.1. The van der Waals surface area contributed by atoms with Gasteiger partial charge in [-0.3, -0.25) is 0 Å². The molecule has 112 valence electrons. The summed E-state index contributed by atoms with van der Waals surface area (Å²) in [6, 6.07) is 9.42. The van der Waals surface area contributed by atoms with Crippen molar-refractivity contribution in [2.24, 2.45) is 0 Å². The molecule has 3 nitrogen and oxygen atoms in total. The fourth-order valence-electron chi connectivity index (χ4n) is 3.08. The zero-order valence-electron chi connectivity index (χ0n) is 13.3. The lowest BCUT2D eigenvalue weighted by molar-refractivity contribution is 0.388. The summed E-state index contributed by atoms with van der Waals surface area (Å²) in [5, 5.41) is 3.85. The molecule has 0 bridgehead atoms. The second kappa shape index (κ2) is 5.64. The summed E-state index contributed by atoms with van der Waals surface area (Å²) in [7, 11) is 0. The van der Waals surface area contributed by atoms with Crippen LogP contribution in [-0.2, 0) is 13.0 Å². The van der Waals surface area contributed by atoms with E-state index in [1.54, 1.807) is 0 Å². The standard InChI is InChI=1S/C18H25N3/c1-14-4-6-17(7-5-14)12-18(8-9-18)20-15(2)13-21-11-10-19-16(21)3/h4-7,10-11,15,20H,8-9,12-13H2,1-3H3/t15-/m1/s1. The van der Waals surface area contributed by atoms with Gasteiger partial charge >= 0.3 is 0 Å². The van der Waals surface area contributed by atoms with Crippen LogP contribution in [-0.4, -0.2) is 21.1 Å². The summed E-state index contributed by atoms with van der Waals surface area (Å²) in [6.07, 6.45) is 7.65. The minimum absolute atomic E-state index is 0.323. The number of hydrogen-bond donors (Lipinski definition) is 1. The third-order valence-corrected chi connectivity index (χ3v) is 4.46. The normalized spacial score (nSPS) is 17.7. The van der Waals surface area contributed by atoms with E-state index < -0.39 is 0 Å². The van der Waals surface area contributed by atoms with Gasteiger partial charge in [0.05, 0.1) is 0 Å². The summed E-state index contributed by atoms with van der Waals surface area (Å²) in [5.74, 6) is 1.09. The fourth-order valence-corrected chi connectivity index (χ4v) is 3.08. The summed E-state index contributed by atoms with van der Waals surface area (Å²) < 4.78 is 2.22. The number of benzene rings is 1. The van der Waals surface area contributed by atoms with Gasteiger partial charge in [-0.2, -0.15) is 0 Å². The number of aryl methyl sites for hydroxylation is 2. The molecule has 1 heterocycles. The van der Waals surface area contributed by atoms with Crippen molar-refractivity contribution in [1.29, 1.82) is 0 Å². The van der Waals surface area contributed by atoms with E-state index in [9.17, 15) is 0 Å². The average molecular weight is 283 g/mol. The van der Waals surface area contributed by atoms with Crippen molar-refractivity contribution in [2.75, 3.05) is 0 Å². The molecule has 21 heavy (non-hydrogen) atoms. The van der Waals surface area contributed by atoms with E-state index in [4.69, 9.17) is 0 Å². The molecule has 1 aliphatic rings. The SMILES string of the molecule is Cc1ccc(CC2(N[C@H](C)Cn3ccnc3C)CC2)cc1. The second-order valence-corrected chi connectivity index (χ2v) is 6.61. The minimum Gasteiger partial charge on any atom is -0.334 e. The van der Waals surface area contributed by atoms with Crippen molar-refractivity contribution >= 4 is 0 Å². The molecule has 0 unspecified atom stereocenters. The van der Waals surface area contributed by atoms with Gasteiger partial charge in [0.2, 0.25) is 0 Å². The van der Waals surface area contributed by atoms with Gasteiger partial charge < -0.3 is 9.88 Å². The predicted octanol–water partition coefficient (Wildman–Crippen LogP) is 3.25. The third-order valence-electron chi connectivity index (χ3n) is 4.46. The summed E-state index contributed by atoms with van der Waals surface area (Å²) >= 11 is 0. The first-order valence-corrected chi connectivity index (χ1v) is 7.87. The van der Waals surface area contributed by atoms with Gasteiger partial charge in [0.15, 0.2) is 0 Å². The Bertz CT molecular complexity index is 593. The van der Waals surface area contributed by atoms with Crippen LogP contribution in [0.25, 0.3) is 0 Å². The third kappa shape index (κ3) is 3.53. The van der Waals surface area contributed by atoms with Crippen molar-refractivity contribution in [3.8, 4) is 0 Å². The first kappa shape index (κ1) is 14.3. The topological polar surface area (TPSA) is 29.9 Å². The van der Waals surface area contributed by atoms with Gasteiger partial charge in [0, 0.05) is 30.5 Å². The zero-order valence-corrected chi connectivity index (χ0v) is 13.3. The lowest BCUT2D eigenvalue weighted by atomic mass is 10.0. The van der Waals surface area contributed by atoms with Crippen LogP contribution >= 0.6 is 0 Å². The number of rotatable bonds is 6. The number of aromatic nitrogens is 2. The molecule has 1 saturated carbocycles. The highest BCUT2D eigenvalue weighted by atomic mass is 15.1. The Morgan fingerprint density at radius 1 is 1.24 bits per heavy atom. The first-order valence-electron chi connectivity index (χ1n) is 7.87. The highest BCUT2D eigenvalue weighted by molar-refractivity contribution is 5.25. The number of imidazole rings is 1. The Balaban J connectivity index is 1.58. The maximum atomic E-state index is 4.29. The summed E-state index contributed by atoms with van der Waals surface area (Å²) in [6.45, 7) is 7.46. The van der Waals surface area contributed by atoms with Crippen molar-refractivity contribution in [3.63, 3.8) is 0 Å². The van der Waals surface area contributed by atoms with Crippen molar-refractivity contribution in [3.05, 3.63) is 53.6 Å². The van der Waals surface area contributed by atoms with Crippen LogP contribution in [0.2, 0.25) is 0 Å². The molecule has 0 radical (unpaired) electrons. The molecule has 3 heteroatoms. The van der Waals surface area contributed by atoms with Crippen LogP contribution < -0.4 is 5.32 Å². The van der Waals surface area contributed by atoms with Crippen LogP contribution in [0.4, 0.5) is 0 Å². The van der Waals surface area contributed by atoms with E-state index in [2.05, 4.69) is 66.1 Å². The summed E-state index contributed by atoms with van der Waals surface area (Å²) in [5.41, 5.74) is 3.10. The molecule has 1 aromatic carbocycles. The lowest BCUT2D eigenvalue weighted by Crippen LogP contribution is -2.42. The average Bonchev–Trinajstić information content (AvgIpc) is 3.07. The Morgan fingerprint density at radius 2 is 1.95 bits per heavy atom. The van der Waals surface area contributed by atoms with Crippen molar-refractivity contribution < 1.29 is 0 Å². The highest BCUT2D eigenvalue weighted by Gasteiger charge is 2.43. The Kier molecular flexibility index (Phi) is 3.85. The Hall–Kier alpha value is -1.61. The molecule has 1 atom stereocenters. The van der Waals surface area contributed by atoms with E-state index in [-0.39, 0.29) is 0 Å². The smallest absolute Gasteiger partial charge is 0.105 e. The van der Waals surface area contributed by atoms with Gasteiger partial charge in [-0.1, -0.05) is 29.8 Å². The molecule has 0 spiro atoms. The predicted molar refractivity (Wildman–Crippen MR) is 86.4 cm³/mol. The molecule has 1 aliphatic carbocycles. The van der Waals surface area contributed by atoms with Crippen LogP contribution in [0.3, 0.4) is 0 Å². The molecule has 2 aromatic rings. The Labute approximate surface area is 127 Å². The number of nitrogens with one attached hydrogen (secondary N) is 1. The minimum atomic E-state index is 0.323. The maximum absolute atomic E-state index is 4.29. The van der Waals surface area contributed by atoms with Gasteiger partial charge in [-0.15, -0.1) is 0 Å². The van der Waals surface area contributed by atoms with Gasteiger partial charge in [-0.05, 0) is 45.6 Å². The molecule has 1 fully saturated rings. The van der Waals surface area contributed by atoms with E-state index >= 15 is 0 Å². The largest absolute Gasteiger partial charge is 0.334 e. The summed E-state index contributed by atoms with van der Waals surface area (Å²) in [4.78, 5) is 4.29. The van der Waals surface area contributed by atoms with Gasteiger partial charge in [0.1, 0.15) is 5.82 Å². The monoisotopic (exact) mass is 283 g/mol. The molecule has 0 aliphatic heterocycles.